The number of nitrogens with one attached hydrogen (secondary N) is 1. The van der Waals surface area contributed by atoms with E-state index in [1.54, 1.807) is 0 Å². The van der Waals surface area contributed by atoms with E-state index in [1.807, 2.05) is 10.7 Å². The molecule has 0 saturated carbocycles. The summed E-state index contributed by atoms with van der Waals surface area (Å²) < 4.78 is 1.91. The Balaban J connectivity index is 1.78. The van der Waals surface area contributed by atoms with Gasteiger partial charge < -0.3 is 11.1 Å². The summed E-state index contributed by atoms with van der Waals surface area (Å²) >= 11 is 0. The lowest BCUT2D eigenvalue weighted by Gasteiger charge is -2.31. The summed E-state index contributed by atoms with van der Waals surface area (Å²) in [5.41, 5.74) is 9.56. The second-order valence-electron chi connectivity index (χ2n) is 6.01. The standard InChI is InChI=1S/C18H19N5/c1-12-6-5-9-14(10-12)16-11-15(13-7-3-2-4-8-13)20-18-21-17(19)22-23(16)18/h2-10,15-16H,11H2,1H3,(H3,19,20,21,22)/t15-,16+/m0/s1. The minimum absolute atomic E-state index is 0.126. The lowest BCUT2D eigenvalue weighted by atomic mass is 9.93. The van der Waals surface area contributed by atoms with Crippen LogP contribution in [-0.2, 0) is 0 Å². The van der Waals surface area contributed by atoms with Crippen molar-refractivity contribution in [3.8, 4) is 0 Å². The summed E-state index contributed by atoms with van der Waals surface area (Å²) in [5, 5.41) is 7.85. The molecule has 2 aromatic carbocycles. The van der Waals surface area contributed by atoms with Crippen LogP contribution in [0.4, 0.5) is 11.9 Å². The van der Waals surface area contributed by atoms with E-state index in [-0.39, 0.29) is 12.1 Å². The van der Waals surface area contributed by atoms with Gasteiger partial charge in [-0.1, -0.05) is 60.2 Å². The van der Waals surface area contributed by atoms with Crippen LogP contribution in [0, 0.1) is 6.92 Å². The number of hydrogen-bond donors (Lipinski definition) is 2. The van der Waals surface area contributed by atoms with Crippen LogP contribution in [0.1, 0.15) is 35.2 Å². The van der Waals surface area contributed by atoms with Crippen LogP contribution >= 0.6 is 0 Å². The first-order chi connectivity index (χ1) is 11.2. The van der Waals surface area contributed by atoms with Crippen molar-refractivity contribution < 1.29 is 0 Å². The second kappa shape index (κ2) is 5.43. The molecule has 2 atom stereocenters. The van der Waals surface area contributed by atoms with Gasteiger partial charge in [0.05, 0.1) is 12.1 Å². The molecule has 1 aliphatic rings. The molecule has 0 bridgehead atoms. The molecule has 5 nitrogen and oxygen atoms in total. The molecule has 23 heavy (non-hydrogen) atoms. The van der Waals surface area contributed by atoms with Gasteiger partial charge in [-0.3, -0.25) is 0 Å². The fourth-order valence-electron chi connectivity index (χ4n) is 3.25. The highest BCUT2D eigenvalue weighted by Crippen LogP contribution is 2.37. The molecule has 0 aliphatic carbocycles. The number of nitrogens with two attached hydrogens (primary N) is 1. The monoisotopic (exact) mass is 305 g/mol. The fourth-order valence-corrected chi connectivity index (χ4v) is 3.25. The quantitative estimate of drug-likeness (QED) is 0.762. The zero-order chi connectivity index (χ0) is 15.8. The van der Waals surface area contributed by atoms with Crippen LogP contribution in [0.3, 0.4) is 0 Å². The number of fused-ring (bicyclic) bond motifs is 1. The van der Waals surface area contributed by atoms with Crippen LogP contribution in [-0.4, -0.2) is 14.8 Å². The van der Waals surface area contributed by atoms with E-state index >= 15 is 0 Å². The van der Waals surface area contributed by atoms with Gasteiger partial charge in [0.2, 0.25) is 11.9 Å². The molecule has 1 aliphatic heterocycles. The van der Waals surface area contributed by atoms with Crippen molar-refractivity contribution in [1.29, 1.82) is 0 Å². The third kappa shape index (κ3) is 2.54. The van der Waals surface area contributed by atoms with E-state index in [0.717, 1.165) is 12.4 Å². The zero-order valence-corrected chi connectivity index (χ0v) is 13.0. The number of anilines is 2. The van der Waals surface area contributed by atoms with Crippen molar-refractivity contribution in [2.45, 2.75) is 25.4 Å². The topological polar surface area (TPSA) is 68.8 Å². The second-order valence-corrected chi connectivity index (χ2v) is 6.01. The maximum Gasteiger partial charge on any atom is 0.241 e. The van der Waals surface area contributed by atoms with E-state index < -0.39 is 0 Å². The van der Waals surface area contributed by atoms with Gasteiger partial charge in [-0.25, -0.2) is 4.68 Å². The van der Waals surface area contributed by atoms with Crippen LogP contribution in [0.25, 0.3) is 0 Å². The fraction of sp³-hybridized carbons (Fsp3) is 0.222. The molecule has 1 aromatic heterocycles. The summed E-state index contributed by atoms with van der Waals surface area (Å²) in [6, 6.07) is 19.3. The van der Waals surface area contributed by atoms with Crippen molar-refractivity contribution >= 4 is 11.9 Å². The SMILES string of the molecule is Cc1cccc([C@H]2C[C@@H](c3ccccc3)Nc3nc(N)nn32)c1. The molecule has 0 fully saturated rings. The Morgan fingerprint density at radius 3 is 2.65 bits per heavy atom. The number of hydrogen-bond acceptors (Lipinski definition) is 4. The average Bonchev–Trinajstić information content (AvgIpc) is 2.95. The number of aromatic nitrogens is 3. The van der Waals surface area contributed by atoms with Gasteiger partial charge in [-0.2, -0.15) is 4.98 Å². The number of nitrogens with zero attached hydrogens (tertiary/aromatic N) is 3. The summed E-state index contributed by atoms with van der Waals surface area (Å²) in [6.07, 6.45) is 0.906. The molecule has 5 heteroatoms. The minimum Gasteiger partial charge on any atom is -0.366 e. The summed E-state index contributed by atoms with van der Waals surface area (Å²) in [6.45, 7) is 2.11. The minimum atomic E-state index is 0.126. The first kappa shape index (κ1) is 13.8. The summed E-state index contributed by atoms with van der Waals surface area (Å²) in [4.78, 5) is 4.34. The van der Waals surface area contributed by atoms with Crippen LogP contribution in [0.2, 0.25) is 0 Å². The van der Waals surface area contributed by atoms with Crippen molar-refractivity contribution in [3.05, 3.63) is 71.3 Å². The highest BCUT2D eigenvalue weighted by molar-refractivity contribution is 5.42. The molecule has 116 valence electrons. The van der Waals surface area contributed by atoms with Gasteiger partial charge in [0, 0.05) is 0 Å². The van der Waals surface area contributed by atoms with E-state index in [1.165, 1.54) is 16.7 Å². The van der Waals surface area contributed by atoms with Crippen LogP contribution in [0.5, 0.6) is 0 Å². The maximum absolute atomic E-state index is 5.83. The van der Waals surface area contributed by atoms with E-state index in [4.69, 9.17) is 5.73 Å². The Bertz CT molecular complexity index is 824. The molecule has 0 spiro atoms. The predicted octanol–water partition coefficient (Wildman–Crippen LogP) is 3.32. The van der Waals surface area contributed by atoms with Gasteiger partial charge in [-0.15, -0.1) is 5.10 Å². The number of aryl methyl sites for hydroxylation is 1. The smallest absolute Gasteiger partial charge is 0.241 e. The highest BCUT2D eigenvalue weighted by Gasteiger charge is 2.30. The largest absolute Gasteiger partial charge is 0.366 e. The highest BCUT2D eigenvalue weighted by atomic mass is 15.4. The molecule has 3 N–H and O–H groups in total. The number of rotatable bonds is 2. The lowest BCUT2D eigenvalue weighted by molar-refractivity contribution is 0.431. The van der Waals surface area contributed by atoms with Gasteiger partial charge in [0.25, 0.3) is 0 Å². The van der Waals surface area contributed by atoms with Crippen LogP contribution in [0.15, 0.2) is 54.6 Å². The first-order valence-corrected chi connectivity index (χ1v) is 7.81. The summed E-state index contributed by atoms with van der Waals surface area (Å²) in [7, 11) is 0. The van der Waals surface area contributed by atoms with Crippen molar-refractivity contribution in [1.82, 2.24) is 14.8 Å². The van der Waals surface area contributed by atoms with Crippen molar-refractivity contribution in [2.24, 2.45) is 0 Å². The van der Waals surface area contributed by atoms with Crippen molar-refractivity contribution in [3.63, 3.8) is 0 Å². The van der Waals surface area contributed by atoms with Crippen LogP contribution < -0.4 is 11.1 Å². The third-order valence-electron chi connectivity index (χ3n) is 4.33. The van der Waals surface area contributed by atoms with E-state index in [0.29, 0.717) is 5.95 Å². The van der Waals surface area contributed by atoms with Gasteiger partial charge in [0.1, 0.15) is 0 Å². The molecule has 2 heterocycles. The Hall–Kier alpha value is -2.82. The lowest BCUT2D eigenvalue weighted by Crippen LogP contribution is -2.28. The normalized spacial score (nSPS) is 19.9. The Morgan fingerprint density at radius 1 is 1.09 bits per heavy atom. The first-order valence-electron chi connectivity index (χ1n) is 7.81. The third-order valence-corrected chi connectivity index (χ3v) is 4.33. The Kier molecular flexibility index (Phi) is 3.26. The molecule has 0 saturated heterocycles. The zero-order valence-electron chi connectivity index (χ0n) is 13.0. The van der Waals surface area contributed by atoms with Gasteiger partial charge in [-0.05, 0) is 24.5 Å². The Labute approximate surface area is 135 Å². The Morgan fingerprint density at radius 2 is 1.87 bits per heavy atom. The summed E-state index contributed by atoms with van der Waals surface area (Å²) in [5.74, 6) is 1.04. The van der Waals surface area contributed by atoms with Gasteiger partial charge in [0.15, 0.2) is 0 Å². The van der Waals surface area contributed by atoms with E-state index in [9.17, 15) is 0 Å². The molecule has 3 aromatic rings. The number of nitrogen functional groups attached to an aromatic ring is 1. The molecular formula is C18H19N5. The molecule has 4 rings (SSSR count). The average molecular weight is 305 g/mol. The molecule has 0 unspecified atom stereocenters. The molecule has 0 radical (unpaired) electrons. The van der Waals surface area contributed by atoms with E-state index in [2.05, 4.69) is 70.9 Å². The number of benzene rings is 2. The molecular weight excluding hydrogens is 286 g/mol. The predicted molar refractivity (Wildman–Crippen MR) is 91.2 cm³/mol. The maximum atomic E-state index is 5.83. The van der Waals surface area contributed by atoms with Crippen molar-refractivity contribution in [2.75, 3.05) is 11.1 Å². The molecule has 0 amide bonds. The van der Waals surface area contributed by atoms with Gasteiger partial charge >= 0.3 is 0 Å².